The standard InChI is InChI=1S/C22H31N3O2.HI/c1-16(2)27-21-12-17(3)10-11-19(21)14-25-22(23-4)24-13-18-8-6-7-9-20(18)15-26-5;/h6-12,16H,13-15H2,1-5H3,(H2,23,24,25);1H. The highest BCUT2D eigenvalue weighted by atomic mass is 127. The maximum absolute atomic E-state index is 5.95. The zero-order chi connectivity index (χ0) is 19.6. The van der Waals surface area contributed by atoms with Gasteiger partial charge in [-0.05, 0) is 43.5 Å². The zero-order valence-corrected chi connectivity index (χ0v) is 19.7. The third kappa shape index (κ3) is 7.67. The van der Waals surface area contributed by atoms with Crippen molar-refractivity contribution in [2.45, 2.75) is 46.6 Å². The number of nitrogens with zero attached hydrogens (tertiary/aromatic N) is 1. The van der Waals surface area contributed by atoms with E-state index < -0.39 is 0 Å². The van der Waals surface area contributed by atoms with Crippen molar-refractivity contribution in [1.82, 2.24) is 10.6 Å². The molecule has 0 amide bonds. The Kier molecular flexibility index (Phi) is 10.9. The summed E-state index contributed by atoms with van der Waals surface area (Å²) in [6.45, 7) is 8.07. The first-order valence-electron chi connectivity index (χ1n) is 9.30. The number of aliphatic imine (C=N–C) groups is 1. The number of nitrogens with one attached hydrogen (secondary N) is 2. The van der Waals surface area contributed by atoms with Crippen molar-refractivity contribution in [3.8, 4) is 5.75 Å². The van der Waals surface area contributed by atoms with Crippen LogP contribution in [-0.2, 0) is 24.4 Å². The van der Waals surface area contributed by atoms with Gasteiger partial charge in [0.05, 0.1) is 12.7 Å². The van der Waals surface area contributed by atoms with Gasteiger partial charge < -0.3 is 20.1 Å². The van der Waals surface area contributed by atoms with E-state index in [9.17, 15) is 0 Å². The molecular weight excluding hydrogens is 465 g/mol. The number of halogens is 1. The molecule has 28 heavy (non-hydrogen) atoms. The van der Waals surface area contributed by atoms with Crippen molar-refractivity contribution in [1.29, 1.82) is 0 Å². The van der Waals surface area contributed by atoms with E-state index in [0.717, 1.165) is 17.3 Å². The number of hydrogen-bond acceptors (Lipinski definition) is 3. The van der Waals surface area contributed by atoms with E-state index in [0.29, 0.717) is 19.7 Å². The van der Waals surface area contributed by atoms with Crippen molar-refractivity contribution < 1.29 is 9.47 Å². The van der Waals surface area contributed by atoms with Crippen LogP contribution in [0.25, 0.3) is 0 Å². The molecule has 0 spiro atoms. The molecule has 2 aromatic carbocycles. The van der Waals surface area contributed by atoms with Crippen LogP contribution in [0.3, 0.4) is 0 Å². The van der Waals surface area contributed by atoms with Gasteiger partial charge in [-0.2, -0.15) is 0 Å². The second-order valence-corrected chi connectivity index (χ2v) is 6.76. The molecule has 0 aromatic heterocycles. The molecule has 2 aromatic rings. The van der Waals surface area contributed by atoms with Gasteiger partial charge in [-0.3, -0.25) is 4.99 Å². The Hall–Kier alpha value is -1.80. The van der Waals surface area contributed by atoms with Crippen LogP contribution in [-0.4, -0.2) is 26.2 Å². The quantitative estimate of drug-likeness (QED) is 0.322. The summed E-state index contributed by atoms with van der Waals surface area (Å²) in [5, 5.41) is 6.74. The Morgan fingerprint density at radius 3 is 2.25 bits per heavy atom. The number of guanidine groups is 1. The summed E-state index contributed by atoms with van der Waals surface area (Å²) in [6, 6.07) is 14.5. The first kappa shape index (κ1) is 24.2. The Morgan fingerprint density at radius 2 is 1.64 bits per heavy atom. The van der Waals surface area contributed by atoms with Crippen LogP contribution in [0.2, 0.25) is 0 Å². The first-order chi connectivity index (χ1) is 13.0. The predicted octanol–water partition coefficient (Wildman–Crippen LogP) is 4.41. The van der Waals surface area contributed by atoms with Crippen molar-refractivity contribution in [2.75, 3.05) is 14.2 Å². The highest BCUT2D eigenvalue weighted by molar-refractivity contribution is 14.0. The van der Waals surface area contributed by atoms with Crippen LogP contribution >= 0.6 is 24.0 Å². The summed E-state index contributed by atoms with van der Waals surface area (Å²) in [5.41, 5.74) is 4.67. The zero-order valence-electron chi connectivity index (χ0n) is 17.4. The Balaban J connectivity index is 0.00000392. The molecular formula is C22H32IN3O2. The normalized spacial score (nSPS) is 11.1. The maximum atomic E-state index is 5.95. The molecule has 6 heteroatoms. The molecule has 0 atom stereocenters. The fourth-order valence-corrected chi connectivity index (χ4v) is 2.78. The Morgan fingerprint density at radius 1 is 1.00 bits per heavy atom. The molecule has 0 saturated heterocycles. The number of rotatable bonds is 8. The van der Waals surface area contributed by atoms with Crippen LogP contribution in [0.1, 0.15) is 36.1 Å². The van der Waals surface area contributed by atoms with E-state index in [2.05, 4.69) is 52.9 Å². The van der Waals surface area contributed by atoms with Crippen LogP contribution in [0.15, 0.2) is 47.5 Å². The summed E-state index contributed by atoms with van der Waals surface area (Å²) in [7, 11) is 3.49. The van der Waals surface area contributed by atoms with Gasteiger partial charge in [0.2, 0.25) is 0 Å². The molecule has 0 aliphatic carbocycles. The van der Waals surface area contributed by atoms with E-state index in [1.165, 1.54) is 16.7 Å². The molecule has 0 aliphatic heterocycles. The van der Waals surface area contributed by atoms with Gasteiger partial charge >= 0.3 is 0 Å². The van der Waals surface area contributed by atoms with E-state index in [1.54, 1.807) is 14.2 Å². The number of benzene rings is 2. The van der Waals surface area contributed by atoms with E-state index in [1.807, 2.05) is 26.0 Å². The van der Waals surface area contributed by atoms with E-state index >= 15 is 0 Å². The average molecular weight is 497 g/mol. The highest BCUT2D eigenvalue weighted by Crippen LogP contribution is 2.21. The number of aryl methyl sites for hydroxylation is 1. The van der Waals surface area contributed by atoms with Gasteiger partial charge in [0.25, 0.3) is 0 Å². The SMILES string of the molecule is CN=C(NCc1ccccc1COC)NCc1ccc(C)cc1OC(C)C.I. The summed E-state index contributed by atoms with van der Waals surface area (Å²) >= 11 is 0. The van der Waals surface area contributed by atoms with Gasteiger partial charge in [-0.1, -0.05) is 36.4 Å². The average Bonchev–Trinajstić information content (AvgIpc) is 2.64. The molecule has 2 N–H and O–H groups in total. The van der Waals surface area contributed by atoms with Gasteiger partial charge in [0.15, 0.2) is 5.96 Å². The minimum absolute atomic E-state index is 0. The molecule has 0 bridgehead atoms. The lowest BCUT2D eigenvalue weighted by atomic mass is 10.1. The topological polar surface area (TPSA) is 54.9 Å². The number of hydrogen-bond donors (Lipinski definition) is 2. The van der Waals surface area contributed by atoms with Gasteiger partial charge in [-0.25, -0.2) is 0 Å². The fraction of sp³-hybridized carbons (Fsp3) is 0.409. The lowest BCUT2D eigenvalue weighted by Crippen LogP contribution is -2.36. The van der Waals surface area contributed by atoms with Crippen molar-refractivity contribution in [2.24, 2.45) is 4.99 Å². The van der Waals surface area contributed by atoms with Gasteiger partial charge in [0, 0.05) is 32.8 Å². The van der Waals surface area contributed by atoms with E-state index in [-0.39, 0.29) is 30.1 Å². The fourth-order valence-electron chi connectivity index (χ4n) is 2.78. The second kappa shape index (κ2) is 12.6. The summed E-state index contributed by atoms with van der Waals surface area (Å²) in [6.07, 6.45) is 0.139. The molecule has 154 valence electrons. The highest BCUT2D eigenvalue weighted by Gasteiger charge is 2.08. The van der Waals surface area contributed by atoms with Crippen molar-refractivity contribution >= 4 is 29.9 Å². The molecule has 0 fully saturated rings. The minimum atomic E-state index is 0. The smallest absolute Gasteiger partial charge is 0.191 e. The van der Waals surface area contributed by atoms with Crippen molar-refractivity contribution in [3.05, 3.63) is 64.7 Å². The summed E-state index contributed by atoms with van der Waals surface area (Å²) in [5.74, 6) is 1.66. The van der Waals surface area contributed by atoms with Crippen LogP contribution < -0.4 is 15.4 Å². The predicted molar refractivity (Wildman–Crippen MR) is 127 cm³/mol. The van der Waals surface area contributed by atoms with Crippen molar-refractivity contribution in [3.63, 3.8) is 0 Å². The summed E-state index contributed by atoms with van der Waals surface area (Å²) < 4.78 is 11.2. The lowest BCUT2D eigenvalue weighted by molar-refractivity contribution is 0.184. The van der Waals surface area contributed by atoms with Crippen LogP contribution in [0.5, 0.6) is 5.75 Å². The molecule has 0 heterocycles. The second-order valence-electron chi connectivity index (χ2n) is 6.76. The largest absolute Gasteiger partial charge is 0.491 e. The monoisotopic (exact) mass is 497 g/mol. The molecule has 0 saturated carbocycles. The Bertz CT molecular complexity index is 763. The van der Waals surface area contributed by atoms with Gasteiger partial charge in [-0.15, -0.1) is 24.0 Å². The van der Waals surface area contributed by atoms with E-state index in [4.69, 9.17) is 9.47 Å². The van der Waals surface area contributed by atoms with Gasteiger partial charge in [0.1, 0.15) is 5.75 Å². The third-order valence-corrected chi connectivity index (χ3v) is 4.12. The Labute approximate surface area is 186 Å². The molecule has 0 unspecified atom stereocenters. The number of methoxy groups -OCH3 is 1. The minimum Gasteiger partial charge on any atom is -0.491 e. The van der Waals surface area contributed by atoms with Crippen LogP contribution in [0, 0.1) is 6.92 Å². The third-order valence-electron chi connectivity index (χ3n) is 4.12. The first-order valence-corrected chi connectivity index (χ1v) is 9.30. The number of ether oxygens (including phenoxy) is 2. The molecule has 0 aliphatic rings. The molecule has 2 rings (SSSR count). The summed E-state index contributed by atoms with van der Waals surface area (Å²) in [4.78, 5) is 4.32. The lowest BCUT2D eigenvalue weighted by Gasteiger charge is -2.17. The molecule has 0 radical (unpaired) electrons. The van der Waals surface area contributed by atoms with Crippen LogP contribution in [0.4, 0.5) is 0 Å². The molecule has 5 nitrogen and oxygen atoms in total. The maximum Gasteiger partial charge on any atom is 0.191 e.